The van der Waals surface area contributed by atoms with Crippen LogP contribution in [-0.4, -0.2) is 47.5 Å². The molecule has 36 heavy (non-hydrogen) atoms. The Kier molecular flexibility index (Phi) is 9.02. The topological polar surface area (TPSA) is 105 Å². The molecule has 0 bridgehead atoms. The molecule has 1 saturated heterocycles. The molecule has 0 spiro atoms. The Morgan fingerprint density at radius 2 is 1.92 bits per heavy atom. The number of carbonyl (C=O) groups is 1. The predicted molar refractivity (Wildman–Crippen MR) is 138 cm³/mol. The molecule has 4 N–H and O–H groups in total. The van der Waals surface area contributed by atoms with E-state index in [0.29, 0.717) is 17.0 Å². The van der Waals surface area contributed by atoms with Gasteiger partial charge in [-0.2, -0.15) is 5.26 Å². The van der Waals surface area contributed by atoms with E-state index in [-0.39, 0.29) is 29.0 Å². The number of benzene rings is 2. The number of nitriles is 1. The highest BCUT2D eigenvalue weighted by molar-refractivity contribution is 6.31. The lowest BCUT2D eigenvalue weighted by Crippen LogP contribution is -2.46. The van der Waals surface area contributed by atoms with Crippen molar-refractivity contribution < 1.29 is 19.4 Å². The van der Waals surface area contributed by atoms with E-state index in [9.17, 15) is 15.2 Å². The van der Waals surface area contributed by atoms with E-state index in [2.05, 4.69) is 16.7 Å². The Morgan fingerprint density at radius 1 is 1.25 bits per heavy atom. The second-order valence-corrected chi connectivity index (χ2v) is 11.3. The monoisotopic (exact) mass is 535 g/mol. The third-order valence-electron chi connectivity index (χ3n) is 6.66. The van der Waals surface area contributed by atoms with Gasteiger partial charge in [-0.3, -0.25) is 4.79 Å². The molecule has 1 amide bonds. The Labute approximate surface area is 221 Å². The summed E-state index contributed by atoms with van der Waals surface area (Å²) >= 11 is 12.3. The van der Waals surface area contributed by atoms with Crippen molar-refractivity contribution in [3.63, 3.8) is 0 Å². The van der Waals surface area contributed by atoms with Crippen molar-refractivity contribution in [2.24, 2.45) is 5.41 Å². The molecule has 1 fully saturated rings. The zero-order valence-corrected chi connectivity index (χ0v) is 22.1. The highest BCUT2D eigenvalue weighted by atomic mass is 35.5. The molecule has 1 heterocycles. The van der Waals surface area contributed by atoms with Crippen LogP contribution in [0.25, 0.3) is 0 Å². The normalized spacial score (nSPS) is 24.8. The first kappa shape index (κ1) is 28.4. The molecule has 2 aromatic rings. The summed E-state index contributed by atoms with van der Waals surface area (Å²) in [5.74, 6) is -2.03. The van der Waals surface area contributed by atoms with Gasteiger partial charge in [0.05, 0.1) is 29.8 Å². The van der Waals surface area contributed by atoms with Crippen molar-refractivity contribution in [3.05, 3.63) is 69.5 Å². The van der Waals surface area contributed by atoms with E-state index < -0.39 is 47.9 Å². The molecule has 0 saturated carbocycles. The molecule has 1 unspecified atom stereocenters. The second kappa shape index (κ2) is 11.5. The molecule has 3 rings (SSSR count). The van der Waals surface area contributed by atoms with E-state index >= 15 is 4.39 Å². The van der Waals surface area contributed by atoms with Crippen molar-refractivity contribution in [3.8, 4) is 6.07 Å². The number of hydrogen-bond donors (Lipinski definition) is 4. The lowest BCUT2D eigenvalue weighted by molar-refractivity contribution is -0.123. The number of hydrogen-bond acceptors (Lipinski definition) is 5. The molecule has 5 atom stereocenters. The minimum Gasteiger partial charge on any atom is -0.394 e. The highest BCUT2D eigenvalue weighted by Gasteiger charge is 2.60. The molecule has 0 aromatic heterocycles. The van der Waals surface area contributed by atoms with E-state index in [0.717, 1.165) is 0 Å². The zero-order chi connectivity index (χ0) is 26.7. The minimum atomic E-state index is -1.32. The van der Waals surface area contributed by atoms with Crippen LogP contribution in [0.3, 0.4) is 0 Å². The van der Waals surface area contributed by atoms with E-state index in [4.69, 9.17) is 28.3 Å². The van der Waals surface area contributed by atoms with Crippen LogP contribution in [0.5, 0.6) is 0 Å². The number of halogens is 3. The summed E-state index contributed by atoms with van der Waals surface area (Å²) in [5.41, 5.74) is -0.763. The van der Waals surface area contributed by atoms with Crippen LogP contribution >= 0.6 is 23.2 Å². The molecule has 6 nitrogen and oxygen atoms in total. The minimum absolute atomic E-state index is 0.0973. The van der Waals surface area contributed by atoms with Crippen molar-refractivity contribution in [1.29, 1.82) is 5.26 Å². The number of rotatable bonds is 8. The van der Waals surface area contributed by atoms with E-state index in [1.54, 1.807) is 36.4 Å². The van der Waals surface area contributed by atoms with Crippen molar-refractivity contribution in [1.82, 2.24) is 10.6 Å². The van der Waals surface area contributed by atoms with Crippen LogP contribution in [0.4, 0.5) is 4.39 Å². The summed E-state index contributed by atoms with van der Waals surface area (Å²) in [6.07, 6.45) is -0.296. The van der Waals surface area contributed by atoms with Gasteiger partial charge < -0.3 is 20.8 Å². The number of nitrogens with zero attached hydrogens (tertiary/aromatic N) is 1. The van der Waals surface area contributed by atoms with Crippen LogP contribution in [0.1, 0.15) is 50.7 Å². The summed E-state index contributed by atoms with van der Waals surface area (Å²) in [6, 6.07) is 12.5. The molecule has 0 radical (unpaired) electrons. The fourth-order valence-corrected chi connectivity index (χ4v) is 5.36. The van der Waals surface area contributed by atoms with Gasteiger partial charge in [-0.1, -0.05) is 68.2 Å². The first-order valence-electron chi connectivity index (χ1n) is 11.9. The smallest absolute Gasteiger partial charge is 0.237 e. The first-order chi connectivity index (χ1) is 16.9. The van der Waals surface area contributed by atoms with Gasteiger partial charge in [-0.25, -0.2) is 4.39 Å². The summed E-state index contributed by atoms with van der Waals surface area (Å²) in [6.45, 7) is 5.80. The Bertz CT molecular complexity index is 1120. The second-order valence-electron chi connectivity index (χ2n) is 10.5. The Balaban J connectivity index is 2.19. The molecule has 1 aliphatic heterocycles. The molecule has 1 aliphatic rings. The van der Waals surface area contributed by atoms with Gasteiger partial charge in [0, 0.05) is 23.5 Å². The van der Waals surface area contributed by atoms with Gasteiger partial charge in [-0.05, 0) is 47.6 Å². The molecular weight excluding hydrogens is 504 g/mol. The van der Waals surface area contributed by atoms with E-state index in [1.165, 1.54) is 6.07 Å². The fourth-order valence-electron chi connectivity index (χ4n) is 5.05. The van der Waals surface area contributed by atoms with Crippen LogP contribution < -0.4 is 10.6 Å². The molecule has 194 valence electrons. The average Bonchev–Trinajstić information content (AvgIpc) is 3.14. The third-order valence-corrected chi connectivity index (χ3v) is 7.21. The summed E-state index contributed by atoms with van der Waals surface area (Å²) < 4.78 is 15.5. The zero-order valence-electron chi connectivity index (χ0n) is 20.6. The lowest BCUT2D eigenvalue weighted by Gasteiger charge is -2.37. The van der Waals surface area contributed by atoms with Gasteiger partial charge in [0.15, 0.2) is 0 Å². The van der Waals surface area contributed by atoms with Crippen LogP contribution in [0, 0.1) is 22.6 Å². The number of aliphatic hydroxyl groups is 2. The standard InChI is InChI=1S/C27H32Cl2FN3O3/c1-26(2,3)13-21-27(15-31,16-7-9-17(28)10-8-16)22(19-5-4-6-20(29)23(19)30)24(33-21)25(36)32-12-11-18(35)14-34/h4-10,18,21-22,24,33-35H,11-14H2,1-3H3,(H,32,36)/t18-,21+,22+,24-,27?/m0/s1. The van der Waals surface area contributed by atoms with Crippen molar-refractivity contribution >= 4 is 29.1 Å². The average molecular weight is 536 g/mol. The molecule has 9 heteroatoms. The quantitative estimate of drug-likeness (QED) is 0.403. The number of amides is 1. The largest absolute Gasteiger partial charge is 0.394 e. The maximum Gasteiger partial charge on any atom is 0.237 e. The number of nitrogens with one attached hydrogen (secondary N) is 2. The van der Waals surface area contributed by atoms with Crippen LogP contribution in [0.2, 0.25) is 10.0 Å². The maximum atomic E-state index is 15.5. The molecule has 0 aliphatic carbocycles. The fraction of sp³-hybridized carbons (Fsp3) is 0.481. The van der Waals surface area contributed by atoms with E-state index in [1.807, 2.05) is 20.8 Å². The lowest BCUT2D eigenvalue weighted by atomic mass is 9.63. The predicted octanol–water partition coefficient (Wildman–Crippen LogP) is 4.31. The summed E-state index contributed by atoms with van der Waals surface area (Å²) in [5, 5.41) is 36.1. The highest BCUT2D eigenvalue weighted by Crippen LogP contribution is 2.52. The third kappa shape index (κ3) is 5.85. The Morgan fingerprint density at radius 3 is 2.50 bits per heavy atom. The van der Waals surface area contributed by atoms with Gasteiger partial charge in [-0.15, -0.1) is 0 Å². The van der Waals surface area contributed by atoms with Gasteiger partial charge >= 0.3 is 0 Å². The van der Waals surface area contributed by atoms with Gasteiger partial charge in [0.1, 0.15) is 11.2 Å². The number of carbonyl (C=O) groups excluding carboxylic acids is 1. The summed E-state index contributed by atoms with van der Waals surface area (Å²) in [4.78, 5) is 13.5. The van der Waals surface area contributed by atoms with Crippen LogP contribution in [-0.2, 0) is 10.2 Å². The van der Waals surface area contributed by atoms with Gasteiger partial charge in [0.2, 0.25) is 5.91 Å². The van der Waals surface area contributed by atoms with Gasteiger partial charge in [0.25, 0.3) is 0 Å². The van der Waals surface area contributed by atoms with Crippen molar-refractivity contribution in [2.75, 3.05) is 13.2 Å². The molecular formula is C27H32Cl2FN3O3. The SMILES string of the molecule is CC(C)(C)C[C@H]1N[C@H](C(=O)NCC[C@H](O)CO)[C@@H](c2cccc(Cl)c2F)C1(C#N)c1ccc(Cl)cc1. The summed E-state index contributed by atoms with van der Waals surface area (Å²) in [7, 11) is 0. The first-order valence-corrected chi connectivity index (χ1v) is 12.6. The Hall–Kier alpha value is -2.21. The number of aliphatic hydroxyl groups excluding tert-OH is 2. The van der Waals surface area contributed by atoms with Crippen molar-refractivity contribution in [2.45, 2.75) is 63.1 Å². The molecule has 2 aromatic carbocycles. The maximum absolute atomic E-state index is 15.5. The van der Waals surface area contributed by atoms with Crippen LogP contribution in [0.15, 0.2) is 42.5 Å².